The van der Waals surface area contributed by atoms with Gasteiger partial charge in [-0.3, -0.25) is 4.99 Å². The summed E-state index contributed by atoms with van der Waals surface area (Å²) in [6, 6.07) is 13.0. The molecule has 1 saturated heterocycles. The van der Waals surface area contributed by atoms with Crippen molar-refractivity contribution < 1.29 is 4.39 Å². The van der Waals surface area contributed by atoms with Crippen molar-refractivity contribution in [1.29, 1.82) is 0 Å². The Kier molecular flexibility index (Phi) is 6.17. The fourth-order valence-corrected chi connectivity index (χ4v) is 5.85. The number of hydrogen-bond acceptors (Lipinski definition) is 5. The number of alkyl halides is 1. The van der Waals surface area contributed by atoms with Gasteiger partial charge in [0.1, 0.15) is 23.5 Å². The molecule has 2 aliphatic heterocycles. The Hall–Kier alpha value is -2.96. The number of fused-ring (bicyclic) bond motifs is 2. The van der Waals surface area contributed by atoms with Crippen LogP contribution in [0.1, 0.15) is 69.5 Å². The van der Waals surface area contributed by atoms with Gasteiger partial charge in [0.25, 0.3) is 0 Å². The van der Waals surface area contributed by atoms with Crippen LogP contribution in [0.3, 0.4) is 0 Å². The van der Waals surface area contributed by atoms with Gasteiger partial charge in [0.05, 0.1) is 17.9 Å². The molecule has 2 unspecified atom stereocenters. The monoisotopic (exact) mass is 474 g/mol. The van der Waals surface area contributed by atoms with Crippen LogP contribution in [-0.2, 0) is 6.42 Å². The molecule has 3 aromatic rings. The van der Waals surface area contributed by atoms with Gasteiger partial charge in [-0.2, -0.15) is 9.61 Å². The maximum Gasteiger partial charge on any atom is 0.160 e. The molecule has 3 aliphatic rings. The highest BCUT2D eigenvalue weighted by Crippen LogP contribution is 2.31. The third-order valence-corrected chi connectivity index (χ3v) is 7.87. The van der Waals surface area contributed by atoms with Gasteiger partial charge >= 0.3 is 0 Å². The first-order chi connectivity index (χ1) is 17.1. The lowest BCUT2D eigenvalue weighted by molar-refractivity contribution is 0.364. The highest BCUT2D eigenvalue weighted by atomic mass is 19.1. The lowest BCUT2D eigenvalue weighted by Crippen LogP contribution is -2.25. The van der Waals surface area contributed by atoms with Crippen molar-refractivity contribution in [2.45, 2.75) is 76.9 Å². The largest absolute Gasteiger partial charge is 0.367 e. The SMILES string of the molecule is CC1CCCc2ccccc2N=C1c1cc2nc(N3CCC(F)C3)cc(NC3CCCCC3)n2n1. The Morgan fingerprint density at radius 1 is 1.00 bits per heavy atom. The van der Waals surface area contributed by atoms with E-state index in [1.54, 1.807) is 0 Å². The van der Waals surface area contributed by atoms with Crippen molar-refractivity contribution in [2.75, 3.05) is 23.3 Å². The number of anilines is 2. The van der Waals surface area contributed by atoms with Crippen molar-refractivity contribution in [3.05, 3.63) is 47.7 Å². The molecule has 4 heterocycles. The summed E-state index contributed by atoms with van der Waals surface area (Å²) in [7, 11) is 0. The third-order valence-electron chi connectivity index (χ3n) is 7.87. The molecule has 0 amide bonds. The number of para-hydroxylation sites is 1. The van der Waals surface area contributed by atoms with Crippen LogP contribution >= 0.6 is 0 Å². The van der Waals surface area contributed by atoms with Gasteiger partial charge in [0.15, 0.2) is 5.65 Å². The molecule has 1 N–H and O–H groups in total. The van der Waals surface area contributed by atoms with E-state index in [4.69, 9.17) is 15.1 Å². The Morgan fingerprint density at radius 2 is 1.86 bits per heavy atom. The van der Waals surface area contributed by atoms with E-state index >= 15 is 0 Å². The predicted octanol–water partition coefficient (Wildman–Crippen LogP) is 6.12. The second-order valence-electron chi connectivity index (χ2n) is 10.5. The summed E-state index contributed by atoms with van der Waals surface area (Å²) < 4.78 is 16.0. The van der Waals surface area contributed by atoms with Crippen LogP contribution in [0, 0.1) is 5.92 Å². The van der Waals surface area contributed by atoms with E-state index in [0.717, 1.165) is 53.6 Å². The Balaban J connectivity index is 1.43. The van der Waals surface area contributed by atoms with Crippen molar-refractivity contribution in [3.8, 4) is 0 Å². The molecule has 184 valence electrons. The van der Waals surface area contributed by atoms with E-state index in [0.29, 0.717) is 31.5 Å². The van der Waals surface area contributed by atoms with Crippen molar-refractivity contribution in [3.63, 3.8) is 0 Å². The van der Waals surface area contributed by atoms with Crippen molar-refractivity contribution >= 4 is 28.7 Å². The first-order valence-electron chi connectivity index (χ1n) is 13.4. The highest BCUT2D eigenvalue weighted by molar-refractivity contribution is 6.03. The number of nitrogens with one attached hydrogen (secondary N) is 1. The van der Waals surface area contributed by atoms with E-state index in [2.05, 4.69) is 53.5 Å². The molecule has 2 fully saturated rings. The van der Waals surface area contributed by atoms with Crippen LogP contribution in [0.4, 0.5) is 21.7 Å². The predicted molar refractivity (Wildman–Crippen MR) is 140 cm³/mol. The molecule has 1 aliphatic carbocycles. The normalized spacial score (nSPS) is 23.6. The lowest BCUT2D eigenvalue weighted by Gasteiger charge is -2.25. The van der Waals surface area contributed by atoms with E-state index in [-0.39, 0.29) is 0 Å². The van der Waals surface area contributed by atoms with Crippen molar-refractivity contribution in [1.82, 2.24) is 14.6 Å². The minimum absolute atomic E-state index is 0.313. The van der Waals surface area contributed by atoms with Crippen LogP contribution in [0.2, 0.25) is 0 Å². The average molecular weight is 475 g/mol. The van der Waals surface area contributed by atoms with Gasteiger partial charge in [-0.05, 0) is 50.2 Å². The molecule has 0 bridgehead atoms. The standard InChI is InChI=1S/C28H35FN6/c1-19-8-7-10-20-9-5-6-13-23(20)31-28(19)24-16-26-32-25(34-15-14-21(29)18-34)17-27(35(26)33-24)30-22-11-3-2-4-12-22/h5-6,9,13,16-17,19,21-22,30H,2-4,7-8,10-12,14-15,18H2,1H3. The van der Waals surface area contributed by atoms with Gasteiger partial charge in [-0.15, -0.1) is 0 Å². The number of aromatic nitrogens is 3. The summed E-state index contributed by atoms with van der Waals surface area (Å²) in [5.41, 5.74) is 5.05. The molecule has 0 spiro atoms. The fraction of sp³-hybridized carbons (Fsp3) is 0.536. The van der Waals surface area contributed by atoms with Gasteiger partial charge in [0.2, 0.25) is 0 Å². The number of halogens is 1. The first-order valence-corrected chi connectivity index (χ1v) is 13.4. The number of aryl methyl sites for hydroxylation is 1. The van der Waals surface area contributed by atoms with E-state index in [1.165, 1.54) is 37.7 Å². The molecule has 1 aromatic carbocycles. The fourth-order valence-electron chi connectivity index (χ4n) is 5.85. The van der Waals surface area contributed by atoms with Crippen LogP contribution < -0.4 is 10.2 Å². The zero-order valence-electron chi connectivity index (χ0n) is 20.6. The van der Waals surface area contributed by atoms with E-state index < -0.39 is 6.17 Å². The highest BCUT2D eigenvalue weighted by Gasteiger charge is 2.26. The summed E-state index contributed by atoms with van der Waals surface area (Å²) in [6.07, 6.45) is 9.23. The second-order valence-corrected chi connectivity index (χ2v) is 10.5. The minimum Gasteiger partial charge on any atom is -0.367 e. The summed E-state index contributed by atoms with van der Waals surface area (Å²) in [5.74, 6) is 2.10. The molecule has 1 saturated carbocycles. The van der Waals surface area contributed by atoms with Crippen LogP contribution in [0.25, 0.3) is 5.65 Å². The topological polar surface area (TPSA) is 57.8 Å². The van der Waals surface area contributed by atoms with E-state index in [9.17, 15) is 4.39 Å². The Labute approximate surface area is 206 Å². The average Bonchev–Trinajstić information content (AvgIpc) is 3.49. The Morgan fingerprint density at radius 3 is 2.69 bits per heavy atom. The molecule has 2 atom stereocenters. The number of rotatable bonds is 4. The minimum atomic E-state index is -0.784. The molecule has 35 heavy (non-hydrogen) atoms. The molecule has 7 heteroatoms. The van der Waals surface area contributed by atoms with Gasteiger partial charge in [-0.25, -0.2) is 9.37 Å². The molecule has 6 nitrogen and oxygen atoms in total. The van der Waals surface area contributed by atoms with Crippen LogP contribution in [0.5, 0.6) is 0 Å². The molecular formula is C28H35FN6. The molecule has 2 aromatic heterocycles. The van der Waals surface area contributed by atoms with Crippen LogP contribution in [-0.4, -0.2) is 45.6 Å². The van der Waals surface area contributed by atoms with E-state index in [1.807, 2.05) is 4.52 Å². The second kappa shape index (κ2) is 9.59. The molecular weight excluding hydrogens is 439 g/mol. The summed E-state index contributed by atoms with van der Waals surface area (Å²) in [4.78, 5) is 12.1. The zero-order valence-corrected chi connectivity index (χ0v) is 20.6. The maximum absolute atomic E-state index is 14.0. The Bertz CT molecular complexity index is 1230. The number of nitrogens with zero attached hydrogens (tertiary/aromatic N) is 5. The summed E-state index contributed by atoms with van der Waals surface area (Å²) in [5, 5.41) is 8.81. The van der Waals surface area contributed by atoms with Gasteiger partial charge < -0.3 is 10.2 Å². The lowest BCUT2D eigenvalue weighted by atomic mass is 9.92. The number of hydrogen-bond donors (Lipinski definition) is 1. The third kappa shape index (κ3) is 4.65. The van der Waals surface area contributed by atoms with Gasteiger partial charge in [-0.1, -0.05) is 44.4 Å². The molecule has 6 rings (SSSR count). The number of benzene rings is 1. The number of aliphatic imine (C=N–C) groups is 1. The zero-order chi connectivity index (χ0) is 23.8. The quantitative estimate of drug-likeness (QED) is 0.495. The van der Waals surface area contributed by atoms with Crippen molar-refractivity contribution in [2.24, 2.45) is 10.9 Å². The first kappa shape index (κ1) is 22.5. The van der Waals surface area contributed by atoms with Crippen LogP contribution in [0.15, 0.2) is 41.4 Å². The smallest absolute Gasteiger partial charge is 0.160 e. The molecule has 0 radical (unpaired) electrons. The van der Waals surface area contributed by atoms with Gasteiger partial charge in [0, 0.05) is 30.6 Å². The summed E-state index contributed by atoms with van der Waals surface area (Å²) in [6.45, 7) is 3.37. The summed E-state index contributed by atoms with van der Waals surface area (Å²) >= 11 is 0. The maximum atomic E-state index is 14.0.